The molecule has 3 N–H and O–H groups in total. The number of rotatable bonds is 6. The molecule has 0 aliphatic carbocycles. The number of carboxylic acids is 1. The van der Waals surface area contributed by atoms with E-state index >= 15 is 0 Å². The number of hydrogen-bond donors (Lipinski definition) is 2. The van der Waals surface area contributed by atoms with E-state index in [0.29, 0.717) is 6.61 Å². The summed E-state index contributed by atoms with van der Waals surface area (Å²) in [6.07, 6.45) is 2.93. The third kappa shape index (κ3) is 5.39. The highest BCUT2D eigenvalue weighted by Gasteiger charge is 2.06. The second kappa shape index (κ2) is 9.29. The number of aliphatic imine (C=N–C) groups is 2. The van der Waals surface area contributed by atoms with Crippen LogP contribution in [0.15, 0.2) is 57.7 Å². The van der Waals surface area contributed by atoms with Gasteiger partial charge < -0.3 is 15.6 Å². The summed E-state index contributed by atoms with van der Waals surface area (Å²) in [7, 11) is 3.27. The van der Waals surface area contributed by atoms with Crippen molar-refractivity contribution in [2.75, 3.05) is 14.1 Å². The summed E-state index contributed by atoms with van der Waals surface area (Å²) >= 11 is 0. The van der Waals surface area contributed by atoms with E-state index in [4.69, 9.17) is 15.6 Å². The fraction of sp³-hybridized carbons (Fsp3) is 0.278. The van der Waals surface area contributed by atoms with Gasteiger partial charge >= 0.3 is 5.97 Å². The molecule has 0 aromatic heterocycles. The standard InChI is InChI=1S/C18H23N3O3/c1-12(18(22)23)9-16(20-3)24-11-14-5-7-15(8-6-14)17(21-4)13(2)10-19/h5-10H,11,19H2,1-4H3,(H,22,23)/b12-9+,13-10-,20-16?,21-17?. The zero-order valence-corrected chi connectivity index (χ0v) is 14.4. The Hall–Kier alpha value is -2.89. The van der Waals surface area contributed by atoms with E-state index in [1.165, 1.54) is 19.2 Å². The summed E-state index contributed by atoms with van der Waals surface area (Å²) in [5, 5.41) is 8.88. The first-order chi connectivity index (χ1) is 11.4. The fourth-order valence-corrected chi connectivity index (χ4v) is 1.95. The molecule has 0 saturated carbocycles. The summed E-state index contributed by atoms with van der Waals surface area (Å²) in [5.41, 5.74) is 9.35. The first kappa shape index (κ1) is 19.2. The lowest BCUT2D eigenvalue weighted by Crippen LogP contribution is -2.07. The lowest BCUT2D eigenvalue weighted by molar-refractivity contribution is -0.132. The highest BCUT2D eigenvalue weighted by molar-refractivity contribution is 6.12. The van der Waals surface area contributed by atoms with Gasteiger partial charge in [0, 0.05) is 25.7 Å². The monoisotopic (exact) mass is 329 g/mol. The van der Waals surface area contributed by atoms with Crippen LogP contribution in [0.25, 0.3) is 0 Å². The number of benzene rings is 1. The van der Waals surface area contributed by atoms with Crippen molar-refractivity contribution < 1.29 is 14.6 Å². The third-order valence-corrected chi connectivity index (χ3v) is 3.36. The molecule has 0 unspecified atom stereocenters. The number of nitrogens with two attached hydrogens (primary N) is 1. The first-order valence-corrected chi connectivity index (χ1v) is 7.39. The molecule has 1 aromatic rings. The van der Waals surface area contributed by atoms with Crippen molar-refractivity contribution in [1.29, 1.82) is 0 Å². The molecule has 0 saturated heterocycles. The van der Waals surface area contributed by atoms with E-state index in [9.17, 15) is 4.79 Å². The number of carbonyl (C=O) groups is 1. The van der Waals surface area contributed by atoms with Crippen molar-refractivity contribution in [2.45, 2.75) is 20.5 Å². The Labute approximate surface area is 142 Å². The number of ether oxygens (including phenoxy) is 1. The smallest absolute Gasteiger partial charge is 0.331 e. The van der Waals surface area contributed by atoms with E-state index in [0.717, 1.165) is 22.4 Å². The number of carboxylic acid groups (broad SMARTS) is 1. The SMILES string of the molecule is CN=C(/C=C(\C)C(=O)O)OCc1ccc(C(=NC)/C(C)=C\N)cc1. The Kier molecular flexibility index (Phi) is 7.42. The Bertz CT molecular complexity index is 699. The van der Waals surface area contributed by atoms with Gasteiger partial charge in [-0.3, -0.25) is 9.98 Å². The highest BCUT2D eigenvalue weighted by Crippen LogP contribution is 2.12. The number of allylic oxidation sites excluding steroid dienone is 1. The molecule has 24 heavy (non-hydrogen) atoms. The zero-order chi connectivity index (χ0) is 18.1. The van der Waals surface area contributed by atoms with Gasteiger partial charge in [0.2, 0.25) is 5.90 Å². The van der Waals surface area contributed by atoms with Gasteiger partial charge in [0.15, 0.2) is 0 Å². The van der Waals surface area contributed by atoms with Crippen molar-refractivity contribution in [3.8, 4) is 0 Å². The van der Waals surface area contributed by atoms with Crippen molar-refractivity contribution in [2.24, 2.45) is 15.7 Å². The maximum atomic E-state index is 10.8. The van der Waals surface area contributed by atoms with Crippen LogP contribution in [0, 0.1) is 0 Å². The Morgan fingerprint density at radius 2 is 1.79 bits per heavy atom. The molecule has 0 atom stereocenters. The molecule has 1 aromatic carbocycles. The second-order valence-electron chi connectivity index (χ2n) is 5.10. The van der Waals surface area contributed by atoms with Crippen molar-refractivity contribution in [1.82, 2.24) is 0 Å². The van der Waals surface area contributed by atoms with Crippen LogP contribution in [0.4, 0.5) is 0 Å². The van der Waals surface area contributed by atoms with Gasteiger partial charge in [-0.2, -0.15) is 0 Å². The summed E-state index contributed by atoms with van der Waals surface area (Å²) in [6.45, 7) is 3.69. The summed E-state index contributed by atoms with van der Waals surface area (Å²) in [6, 6.07) is 7.72. The molecule has 0 aliphatic heterocycles. The summed E-state index contributed by atoms with van der Waals surface area (Å²) in [4.78, 5) is 19.0. The number of nitrogens with zero attached hydrogens (tertiary/aromatic N) is 2. The van der Waals surface area contributed by atoms with Crippen LogP contribution in [0.2, 0.25) is 0 Å². The number of hydrogen-bond acceptors (Lipinski definition) is 5. The van der Waals surface area contributed by atoms with Crippen LogP contribution in [0.5, 0.6) is 0 Å². The van der Waals surface area contributed by atoms with Crippen LogP contribution >= 0.6 is 0 Å². The van der Waals surface area contributed by atoms with Gasteiger partial charge in [-0.05, 0) is 36.7 Å². The van der Waals surface area contributed by atoms with E-state index in [1.54, 1.807) is 14.1 Å². The van der Waals surface area contributed by atoms with E-state index in [1.807, 2.05) is 31.2 Å². The lowest BCUT2D eigenvalue weighted by atomic mass is 10.0. The second-order valence-corrected chi connectivity index (χ2v) is 5.10. The molecular weight excluding hydrogens is 306 g/mol. The molecule has 0 fully saturated rings. The van der Waals surface area contributed by atoms with Crippen molar-refractivity contribution in [3.05, 3.63) is 58.8 Å². The summed E-state index contributed by atoms with van der Waals surface area (Å²) in [5.74, 6) is -0.726. The average molecular weight is 329 g/mol. The topological polar surface area (TPSA) is 97.3 Å². The van der Waals surface area contributed by atoms with Crippen LogP contribution in [-0.4, -0.2) is 36.8 Å². The predicted molar refractivity (Wildman–Crippen MR) is 96.4 cm³/mol. The van der Waals surface area contributed by atoms with Crippen LogP contribution in [0.3, 0.4) is 0 Å². The molecule has 0 heterocycles. The zero-order valence-electron chi connectivity index (χ0n) is 14.4. The molecule has 6 nitrogen and oxygen atoms in total. The molecule has 0 amide bonds. The quantitative estimate of drug-likeness (QED) is 0.476. The lowest BCUT2D eigenvalue weighted by Gasteiger charge is -2.09. The van der Waals surface area contributed by atoms with E-state index < -0.39 is 5.97 Å². The third-order valence-electron chi connectivity index (χ3n) is 3.36. The average Bonchev–Trinajstić information content (AvgIpc) is 2.59. The Morgan fingerprint density at radius 1 is 1.17 bits per heavy atom. The molecule has 0 bridgehead atoms. The van der Waals surface area contributed by atoms with Gasteiger partial charge in [0.25, 0.3) is 0 Å². The molecule has 1 rings (SSSR count). The van der Waals surface area contributed by atoms with Crippen LogP contribution in [0.1, 0.15) is 25.0 Å². The van der Waals surface area contributed by atoms with Crippen molar-refractivity contribution in [3.63, 3.8) is 0 Å². The minimum Gasteiger partial charge on any atom is -0.478 e. The van der Waals surface area contributed by atoms with Crippen LogP contribution < -0.4 is 5.73 Å². The van der Waals surface area contributed by atoms with Gasteiger partial charge in [-0.25, -0.2) is 4.79 Å². The van der Waals surface area contributed by atoms with Crippen LogP contribution in [-0.2, 0) is 16.1 Å². The minimum atomic E-state index is -1.00. The van der Waals surface area contributed by atoms with Gasteiger partial charge in [-0.1, -0.05) is 24.3 Å². The molecular formula is C18H23N3O3. The molecule has 0 spiro atoms. The maximum Gasteiger partial charge on any atom is 0.331 e. The minimum absolute atomic E-state index is 0.166. The Morgan fingerprint density at radius 3 is 2.25 bits per heavy atom. The number of aliphatic carboxylic acids is 1. The van der Waals surface area contributed by atoms with E-state index in [2.05, 4.69) is 9.98 Å². The highest BCUT2D eigenvalue weighted by atomic mass is 16.5. The largest absolute Gasteiger partial charge is 0.478 e. The molecule has 6 heteroatoms. The van der Waals surface area contributed by atoms with Gasteiger partial charge in [-0.15, -0.1) is 0 Å². The maximum absolute atomic E-state index is 10.8. The Balaban J connectivity index is 2.81. The first-order valence-electron chi connectivity index (χ1n) is 7.39. The van der Waals surface area contributed by atoms with Gasteiger partial charge in [0.05, 0.1) is 5.71 Å². The van der Waals surface area contributed by atoms with Gasteiger partial charge in [0.1, 0.15) is 6.61 Å². The summed E-state index contributed by atoms with van der Waals surface area (Å²) < 4.78 is 5.54. The normalized spacial score (nSPS) is 13.8. The fourth-order valence-electron chi connectivity index (χ4n) is 1.95. The predicted octanol–water partition coefficient (Wildman–Crippen LogP) is 2.54. The molecule has 0 aliphatic rings. The molecule has 128 valence electrons. The molecule has 0 radical (unpaired) electrons. The van der Waals surface area contributed by atoms with E-state index in [-0.39, 0.29) is 11.5 Å². The van der Waals surface area contributed by atoms with Crippen molar-refractivity contribution >= 4 is 17.6 Å².